The predicted octanol–water partition coefficient (Wildman–Crippen LogP) is 4.24. The van der Waals surface area contributed by atoms with E-state index in [1.165, 1.54) is 24.8 Å². The molecule has 1 aromatic carbocycles. The summed E-state index contributed by atoms with van der Waals surface area (Å²) >= 11 is 0. The number of phenolic OH excluding ortho intramolecular Hbond substituents is 1. The molecule has 1 aliphatic rings. The molecule has 22 heavy (non-hydrogen) atoms. The molecule has 0 bridgehead atoms. The Balaban J connectivity index is 0.000000220. The molecule has 1 N–H and O–H groups in total. The lowest BCUT2D eigenvalue weighted by Crippen LogP contribution is -2.05. The van der Waals surface area contributed by atoms with Crippen molar-refractivity contribution in [2.24, 2.45) is 0 Å². The van der Waals surface area contributed by atoms with E-state index in [0.29, 0.717) is 12.2 Å². The summed E-state index contributed by atoms with van der Waals surface area (Å²) in [5.74, 6) is 0.737. The van der Waals surface area contributed by atoms with Crippen molar-refractivity contribution in [1.29, 1.82) is 0 Å². The van der Waals surface area contributed by atoms with Gasteiger partial charge in [0.1, 0.15) is 6.10 Å². The Morgan fingerprint density at radius 3 is 2.64 bits per heavy atom. The van der Waals surface area contributed by atoms with Gasteiger partial charge < -0.3 is 14.6 Å². The van der Waals surface area contributed by atoms with Gasteiger partial charge in [0, 0.05) is 6.42 Å². The number of benzene rings is 1. The summed E-state index contributed by atoms with van der Waals surface area (Å²) in [6.07, 6.45) is 7.55. The zero-order chi connectivity index (χ0) is 16.4. The quantitative estimate of drug-likeness (QED) is 0.631. The summed E-state index contributed by atoms with van der Waals surface area (Å²) in [5.41, 5.74) is 1.17. The van der Waals surface area contributed by atoms with E-state index >= 15 is 0 Å². The lowest BCUT2D eigenvalue weighted by molar-refractivity contribution is -0.141. The van der Waals surface area contributed by atoms with Crippen molar-refractivity contribution >= 4 is 5.97 Å². The van der Waals surface area contributed by atoms with Gasteiger partial charge in [-0.05, 0) is 43.4 Å². The molecule has 0 aliphatic carbocycles. The number of carbonyl (C=O) groups excluding carboxylic acids is 1. The van der Waals surface area contributed by atoms with Crippen molar-refractivity contribution in [1.82, 2.24) is 0 Å². The lowest BCUT2D eigenvalue weighted by atomic mass is 10.1. The number of rotatable bonds is 6. The Labute approximate surface area is 133 Å². The zero-order valence-corrected chi connectivity index (χ0v) is 13.9. The lowest BCUT2D eigenvalue weighted by Gasteiger charge is -2.06. The van der Waals surface area contributed by atoms with E-state index in [1.54, 1.807) is 13.2 Å². The number of unbranched alkanes of at least 4 members (excludes halogenated alkanes) is 2. The summed E-state index contributed by atoms with van der Waals surface area (Å²) < 4.78 is 10.0. The number of carbonyl (C=O) groups is 1. The minimum atomic E-state index is -0.00787. The highest BCUT2D eigenvalue weighted by atomic mass is 16.5. The van der Waals surface area contributed by atoms with E-state index in [1.807, 2.05) is 12.1 Å². The molecule has 1 unspecified atom stereocenters. The van der Waals surface area contributed by atoms with E-state index in [9.17, 15) is 9.90 Å². The Kier molecular flexibility index (Phi) is 8.41. The molecule has 1 heterocycles. The van der Waals surface area contributed by atoms with E-state index in [0.717, 1.165) is 19.3 Å². The van der Waals surface area contributed by atoms with Crippen LogP contribution in [0.15, 0.2) is 18.2 Å². The molecule has 0 saturated carbocycles. The number of hydrogen-bond donors (Lipinski definition) is 1. The normalized spacial score (nSPS) is 16.7. The highest BCUT2D eigenvalue weighted by molar-refractivity contribution is 5.71. The number of methoxy groups -OCH3 is 1. The number of aryl methyl sites for hydroxylation is 1. The standard InChI is InChI=1S/C9H12O2.C9H16O2/c1-3-7-4-5-8(10)9(6-7)11-2;1-2-3-4-5-8-6-7-9(10)11-8/h4-6,10H,3H2,1-2H3;8H,2-7H2,1H3. The molecule has 0 spiro atoms. The minimum absolute atomic E-state index is 0.00787. The number of esters is 1. The first-order valence-corrected chi connectivity index (χ1v) is 8.16. The second kappa shape index (κ2) is 10.1. The SMILES string of the molecule is CCCCCC1CCC(=O)O1.CCc1ccc(O)c(OC)c1. The Morgan fingerprint density at radius 1 is 1.32 bits per heavy atom. The summed E-state index contributed by atoms with van der Waals surface area (Å²) in [4.78, 5) is 10.7. The third-order valence-corrected chi connectivity index (χ3v) is 3.75. The van der Waals surface area contributed by atoms with Gasteiger partial charge in [0.15, 0.2) is 11.5 Å². The van der Waals surface area contributed by atoms with Gasteiger partial charge in [0.05, 0.1) is 7.11 Å². The fourth-order valence-electron chi connectivity index (χ4n) is 2.35. The monoisotopic (exact) mass is 308 g/mol. The van der Waals surface area contributed by atoms with Gasteiger partial charge in [-0.3, -0.25) is 4.79 Å². The predicted molar refractivity (Wildman–Crippen MR) is 87.3 cm³/mol. The van der Waals surface area contributed by atoms with Crippen LogP contribution in [-0.4, -0.2) is 24.3 Å². The molecule has 0 radical (unpaired) electrons. The average molecular weight is 308 g/mol. The second-order valence-electron chi connectivity index (χ2n) is 5.51. The van der Waals surface area contributed by atoms with Crippen LogP contribution in [0.2, 0.25) is 0 Å². The van der Waals surface area contributed by atoms with E-state index in [-0.39, 0.29) is 17.8 Å². The minimum Gasteiger partial charge on any atom is -0.504 e. The van der Waals surface area contributed by atoms with Crippen molar-refractivity contribution in [2.75, 3.05) is 7.11 Å². The van der Waals surface area contributed by atoms with Crippen LogP contribution in [0.25, 0.3) is 0 Å². The molecule has 1 atom stereocenters. The maximum Gasteiger partial charge on any atom is 0.306 e. The smallest absolute Gasteiger partial charge is 0.306 e. The van der Waals surface area contributed by atoms with Crippen LogP contribution < -0.4 is 4.74 Å². The van der Waals surface area contributed by atoms with Gasteiger partial charge in [-0.15, -0.1) is 0 Å². The molecule has 1 aromatic rings. The molecular formula is C18H28O4. The fourth-order valence-corrected chi connectivity index (χ4v) is 2.35. The highest BCUT2D eigenvalue weighted by Gasteiger charge is 2.22. The number of ether oxygens (including phenoxy) is 2. The molecule has 124 valence electrons. The van der Waals surface area contributed by atoms with Crippen LogP contribution in [0.5, 0.6) is 11.5 Å². The molecule has 4 heteroatoms. The summed E-state index contributed by atoms with van der Waals surface area (Å²) in [6, 6.07) is 5.38. The van der Waals surface area contributed by atoms with E-state index < -0.39 is 0 Å². The van der Waals surface area contributed by atoms with Crippen molar-refractivity contribution in [3.05, 3.63) is 23.8 Å². The third-order valence-electron chi connectivity index (χ3n) is 3.75. The van der Waals surface area contributed by atoms with Crippen LogP contribution >= 0.6 is 0 Å². The maximum absolute atomic E-state index is 10.7. The van der Waals surface area contributed by atoms with Crippen LogP contribution in [0.1, 0.15) is 57.9 Å². The van der Waals surface area contributed by atoms with Crippen molar-refractivity contribution < 1.29 is 19.4 Å². The van der Waals surface area contributed by atoms with Gasteiger partial charge >= 0.3 is 5.97 Å². The molecule has 2 rings (SSSR count). The van der Waals surface area contributed by atoms with Gasteiger partial charge in [0.25, 0.3) is 0 Å². The Bertz CT molecular complexity index is 456. The maximum atomic E-state index is 10.7. The summed E-state index contributed by atoms with van der Waals surface area (Å²) in [6.45, 7) is 4.24. The van der Waals surface area contributed by atoms with Crippen molar-refractivity contribution in [3.63, 3.8) is 0 Å². The van der Waals surface area contributed by atoms with Crippen LogP contribution in [0.4, 0.5) is 0 Å². The zero-order valence-electron chi connectivity index (χ0n) is 13.9. The molecule has 1 saturated heterocycles. The average Bonchev–Trinajstić information content (AvgIpc) is 2.94. The third kappa shape index (κ3) is 6.37. The van der Waals surface area contributed by atoms with Gasteiger partial charge in [-0.1, -0.05) is 32.8 Å². The van der Waals surface area contributed by atoms with Crippen LogP contribution in [0.3, 0.4) is 0 Å². The molecule has 0 amide bonds. The first kappa shape index (κ1) is 18.3. The Morgan fingerprint density at radius 2 is 2.09 bits per heavy atom. The number of cyclic esters (lactones) is 1. The largest absolute Gasteiger partial charge is 0.504 e. The van der Waals surface area contributed by atoms with Gasteiger partial charge in [0.2, 0.25) is 0 Å². The highest BCUT2D eigenvalue weighted by Crippen LogP contribution is 2.26. The fraction of sp³-hybridized carbons (Fsp3) is 0.611. The van der Waals surface area contributed by atoms with Gasteiger partial charge in [-0.25, -0.2) is 0 Å². The number of phenols is 1. The van der Waals surface area contributed by atoms with Gasteiger partial charge in [-0.2, -0.15) is 0 Å². The van der Waals surface area contributed by atoms with Crippen LogP contribution in [-0.2, 0) is 16.0 Å². The molecule has 0 aromatic heterocycles. The van der Waals surface area contributed by atoms with Crippen LogP contribution in [0, 0.1) is 0 Å². The number of hydrogen-bond acceptors (Lipinski definition) is 4. The summed E-state index contributed by atoms with van der Waals surface area (Å²) in [7, 11) is 1.55. The van der Waals surface area contributed by atoms with Crippen molar-refractivity contribution in [3.8, 4) is 11.5 Å². The summed E-state index contributed by atoms with van der Waals surface area (Å²) in [5, 5.41) is 9.21. The van der Waals surface area contributed by atoms with E-state index in [4.69, 9.17) is 9.47 Å². The molecule has 1 fully saturated rings. The first-order valence-electron chi connectivity index (χ1n) is 8.16. The second-order valence-corrected chi connectivity index (χ2v) is 5.51. The molecular weight excluding hydrogens is 280 g/mol. The first-order chi connectivity index (χ1) is 10.6. The molecule has 4 nitrogen and oxygen atoms in total. The van der Waals surface area contributed by atoms with Crippen molar-refractivity contribution in [2.45, 2.75) is 64.9 Å². The number of aromatic hydroxyl groups is 1. The van der Waals surface area contributed by atoms with E-state index in [2.05, 4.69) is 13.8 Å². The Hall–Kier alpha value is -1.71. The topological polar surface area (TPSA) is 55.8 Å². The molecule has 1 aliphatic heterocycles.